The molecule has 0 aliphatic rings. The predicted octanol–water partition coefficient (Wildman–Crippen LogP) is 4.40. The van der Waals surface area contributed by atoms with Crippen LogP contribution in [0.5, 0.6) is 0 Å². The van der Waals surface area contributed by atoms with Crippen molar-refractivity contribution in [3.05, 3.63) is 83.7 Å². The van der Waals surface area contributed by atoms with E-state index in [-0.39, 0.29) is 5.82 Å². The van der Waals surface area contributed by atoms with Gasteiger partial charge < -0.3 is 5.73 Å². The lowest BCUT2D eigenvalue weighted by Gasteiger charge is -2.26. The average Bonchev–Trinajstić information content (AvgIpc) is 2.47. The maximum atomic E-state index is 13.4. The van der Waals surface area contributed by atoms with Gasteiger partial charge in [0.2, 0.25) is 0 Å². The molecule has 3 aromatic carbocycles. The van der Waals surface area contributed by atoms with Gasteiger partial charge >= 0.3 is 0 Å². The highest BCUT2D eigenvalue weighted by Crippen LogP contribution is 2.27. The van der Waals surface area contributed by atoms with E-state index in [2.05, 4.69) is 24.3 Å². The van der Waals surface area contributed by atoms with Crippen LogP contribution in [0.1, 0.15) is 18.1 Å². The minimum atomic E-state index is -0.605. The summed E-state index contributed by atoms with van der Waals surface area (Å²) in [7, 11) is 0. The topological polar surface area (TPSA) is 26.0 Å². The maximum absolute atomic E-state index is 13.4. The smallest absolute Gasteiger partial charge is 0.123 e. The molecule has 3 rings (SSSR count). The van der Waals surface area contributed by atoms with Gasteiger partial charge in [0.25, 0.3) is 0 Å². The van der Waals surface area contributed by atoms with Gasteiger partial charge in [0.15, 0.2) is 0 Å². The van der Waals surface area contributed by atoms with E-state index in [4.69, 9.17) is 5.73 Å². The monoisotopic (exact) mass is 279 g/mol. The Morgan fingerprint density at radius 3 is 2.48 bits per heavy atom. The highest BCUT2D eigenvalue weighted by molar-refractivity contribution is 5.85. The van der Waals surface area contributed by atoms with Crippen molar-refractivity contribution >= 4 is 10.8 Å². The summed E-state index contributed by atoms with van der Waals surface area (Å²) in [5.41, 5.74) is 7.86. The van der Waals surface area contributed by atoms with Gasteiger partial charge in [-0.1, -0.05) is 54.6 Å². The van der Waals surface area contributed by atoms with Crippen LogP contribution in [0.3, 0.4) is 0 Å². The van der Waals surface area contributed by atoms with E-state index in [1.54, 1.807) is 6.07 Å². The molecule has 3 aromatic rings. The lowest BCUT2D eigenvalue weighted by atomic mass is 9.85. The van der Waals surface area contributed by atoms with Gasteiger partial charge in [-0.25, -0.2) is 4.39 Å². The van der Waals surface area contributed by atoms with E-state index in [9.17, 15) is 4.39 Å². The molecule has 0 fully saturated rings. The minimum Gasteiger partial charge on any atom is -0.321 e. The number of halogens is 1. The predicted molar refractivity (Wildman–Crippen MR) is 85.6 cm³/mol. The Kier molecular flexibility index (Phi) is 3.48. The average molecular weight is 279 g/mol. The number of hydrogen-bond acceptors (Lipinski definition) is 1. The number of benzene rings is 3. The van der Waals surface area contributed by atoms with Crippen molar-refractivity contribution in [2.45, 2.75) is 18.9 Å². The molecule has 0 radical (unpaired) electrons. The Balaban J connectivity index is 2.01. The first-order valence-corrected chi connectivity index (χ1v) is 7.08. The molecule has 1 unspecified atom stereocenters. The van der Waals surface area contributed by atoms with Crippen LogP contribution in [0.25, 0.3) is 10.8 Å². The second-order valence-electron chi connectivity index (χ2n) is 5.74. The Labute approximate surface area is 124 Å². The zero-order valence-corrected chi connectivity index (χ0v) is 12.0. The normalized spacial score (nSPS) is 14.0. The third kappa shape index (κ3) is 2.81. The van der Waals surface area contributed by atoms with Crippen LogP contribution in [0.4, 0.5) is 4.39 Å². The second kappa shape index (κ2) is 5.30. The largest absolute Gasteiger partial charge is 0.321 e. The van der Waals surface area contributed by atoms with Crippen LogP contribution >= 0.6 is 0 Å². The number of hydrogen-bond donors (Lipinski definition) is 1. The molecule has 106 valence electrons. The molecule has 21 heavy (non-hydrogen) atoms. The fourth-order valence-electron chi connectivity index (χ4n) is 2.79. The van der Waals surface area contributed by atoms with E-state index in [1.165, 1.54) is 28.5 Å². The Morgan fingerprint density at radius 1 is 0.952 bits per heavy atom. The van der Waals surface area contributed by atoms with Crippen molar-refractivity contribution in [1.29, 1.82) is 0 Å². The van der Waals surface area contributed by atoms with Crippen molar-refractivity contribution in [2.24, 2.45) is 5.73 Å². The lowest BCUT2D eigenvalue weighted by molar-refractivity contribution is 0.488. The molecule has 0 bridgehead atoms. The van der Waals surface area contributed by atoms with Gasteiger partial charge in [-0.15, -0.1) is 0 Å². The summed E-state index contributed by atoms with van der Waals surface area (Å²) in [5, 5.41) is 2.40. The first-order valence-electron chi connectivity index (χ1n) is 7.08. The zero-order chi connectivity index (χ0) is 14.9. The molecular weight excluding hydrogens is 261 g/mol. The summed E-state index contributed by atoms with van der Waals surface area (Å²) in [6.45, 7) is 1.95. The van der Waals surface area contributed by atoms with Crippen LogP contribution in [0.2, 0.25) is 0 Å². The minimum absolute atomic E-state index is 0.248. The molecular formula is C19H18FN. The number of nitrogens with two attached hydrogens (primary N) is 1. The van der Waals surface area contributed by atoms with Gasteiger partial charge in [0.05, 0.1) is 0 Å². The van der Waals surface area contributed by atoms with Crippen molar-refractivity contribution in [3.8, 4) is 0 Å². The summed E-state index contributed by atoms with van der Waals surface area (Å²) in [6, 6.07) is 21.0. The molecule has 2 N–H and O–H groups in total. The Morgan fingerprint density at radius 2 is 1.67 bits per heavy atom. The molecule has 1 nitrogen and oxygen atoms in total. The highest BCUT2D eigenvalue weighted by atomic mass is 19.1. The van der Waals surface area contributed by atoms with E-state index in [0.717, 1.165) is 5.56 Å². The molecule has 0 aliphatic carbocycles. The Bertz CT molecular complexity index is 772. The SMILES string of the molecule is CC(N)(Cc1cccc2ccccc12)c1cccc(F)c1. The number of rotatable bonds is 3. The number of fused-ring (bicyclic) bond motifs is 1. The standard InChI is InChI=1S/C19H18FN/c1-19(21,16-9-5-10-17(20)12-16)13-15-8-4-7-14-6-2-3-11-18(14)15/h2-12H,13,21H2,1H3. The fraction of sp³-hybridized carbons (Fsp3) is 0.158. The van der Waals surface area contributed by atoms with E-state index in [1.807, 2.05) is 31.2 Å². The van der Waals surface area contributed by atoms with Gasteiger partial charge in [-0.05, 0) is 47.4 Å². The molecule has 0 aliphatic heterocycles. The summed E-state index contributed by atoms with van der Waals surface area (Å²) in [4.78, 5) is 0. The third-order valence-corrected chi connectivity index (χ3v) is 3.92. The first kappa shape index (κ1) is 13.8. The molecule has 0 saturated carbocycles. The van der Waals surface area contributed by atoms with Crippen molar-refractivity contribution in [1.82, 2.24) is 0 Å². The zero-order valence-electron chi connectivity index (χ0n) is 12.0. The van der Waals surface area contributed by atoms with Gasteiger partial charge in [0.1, 0.15) is 5.82 Å². The molecule has 0 saturated heterocycles. The molecule has 0 amide bonds. The quantitative estimate of drug-likeness (QED) is 0.755. The van der Waals surface area contributed by atoms with Crippen LogP contribution in [-0.4, -0.2) is 0 Å². The van der Waals surface area contributed by atoms with Crippen LogP contribution in [0, 0.1) is 5.82 Å². The summed E-state index contributed by atoms with van der Waals surface area (Å²) in [6.07, 6.45) is 0.664. The van der Waals surface area contributed by atoms with Crippen LogP contribution in [0.15, 0.2) is 66.7 Å². The lowest BCUT2D eigenvalue weighted by Crippen LogP contribution is -2.35. The van der Waals surface area contributed by atoms with Gasteiger partial charge in [-0.3, -0.25) is 0 Å². The first-order chi connectivity index (χ1) is 10.1. The van der Waals surface area contributed by atoms with E-state index >= 15 is 0 Å². The summed E-state index contributed by atoms with van der Waals surface area (Å²) >= 11 is 0. The van der Waals surface area contributed by atoms with Gasteiger partial charge in [-0.2, -0.15) is 0 Å². The van der Waals surface area contributed by atoms with Crippen molar-refractivity contribution < 1.29 is 4.39 Å². The van der Waals surface area contributed by atoms with Gasteiger partial charge in [0, 0.05) is 5.54 Å². The maximum Gasteiger partial charge on any atom is 0.123 e. The highest BCUT2D eigenvalue weighted by Gasteiger charge is 2.23. The molecule has 0 aromatic heterocycles. The molecule has 0 spiro atoms. The van der Waals surface area contributed by atoms with Crippen molar-refractivity contribution in [3.63, 3.8) is 0 Å². The van der Waals surface area contributed by atoms with Crippen molar-refractivity contribution in [2.75, 3.05) is 0 Å². The fourth-order valence-corrected chi connectivity index (χ4v) is 2.79. The molecule has 0 heterocycles. The van der Waals surface area contributed by atoms with Crippen LogP contribution in [-0.2, 0) is 12.0 Å². The third-order valence-electron chi connectivity index (χ3n) is 3.92. The second-order valence-corrected chi connectivity index (χ2v) is 5.74. The molecule has 1 atom stereocenters. The van der Waals surface area contributed by atoms with E-state index < -0.39 is 5.54 Å². The summed E-state index contributed by atoms with van der Waals surface area (Å²) < 4.78 is 13.4. The molecule has 2 heteroatoms. The summed E-state index contributed by atoms with van der Waals surface area (Å²) in [5.74, 6) is -0.248. The van der Waals surface area contributed by atoms with Crippen LogP contribution < -0.4 is 5.73 Å². The Hall–Kier alpha value is -2.19. The van der Waals surface area contributed by atoms with E-state index in [0.29, 0.717) is 6.42 Å².